The minimum atomic E-state index is 0.882. The molecule has 1 aromatic rings. The Morgan fingerprint density at radius 2 is 2.00 bits per heavy atom. The highest BCUT2D eigenvalue weighted by Gasteiger charge is 2.13. The Morgan fingerprint density at radius 3 is 2.54 bits per heavy atom. The summed E-state index contributed by atoms with van der Waals surface area (Å²) in [5.74, 6) is 0.882. The van der Waals surface area contributed by atoms with Gasteiger partial charge in [-0.05, 0) is 12.1 Å². The third-order valence-electron chi connectivity index (χ3n) is 1.80. The maximum atomic E-state index is 4.08. The summed E-state index contributed by atoms with van der Waals surface area (Å²) in [5.41, 5.74) is 6.61. The quantitative estimate of drug-likeness (QED) is 0.772. The molecule has 0 saturated heterocycles. The fourth-order valence-electron chi connectivity index (χ4n) is 1.14. The first kappa shape index (κ1) is 8.52. The number of halogens is 1. The second-order valence-electron chi connectivity index (χ2n) is 2.72. The van der Waals surface area contributed by atoms with E-state index < -0.39 is 0 Å². The molecule has 0 atom stereocenters. The highest BCUT2D eigenvalue weighted by Crippen LogP contribution is 2.12. The van der Waals surface area contributed by atoms with Crippen LogP contribution in [0, 0.1) is 0 Å². The van der Waals surface area contributed by atoms with E-state index in [0.29, 0.717) is 0 Å². The summed E-state index contributed by atoms with van der Waals surface area (Å²) in [4.78, 5) is 0. The third kappa shape index (κ3) is 1.66. The molecule has 2 rings (SSSR count). The summed E-state index contributed by atoms with van der Waals surface area (Å²) < 4.78 is 1.07. The molecule has 0 radical (unpaired) electrons. The van der Waals surface area contributed by atoms with Crippen LogP contribution in [0.5, 0.6) is 0 Å². The van der Waals surface area contributed by atoms with E-state index in [9.17, 15) is 0 Å². The number of rotatable bonds is 1. The lowest BCUT2D eigenvalue weighted by molar-refractivity contribution is 0.349. The van der Waals surface area contributed by atoms with Crippen LogP contribution in [-0.4, -0.2) is 17.9 Å². The lowest BCUT2D eigenvalue weighted by atomic mass is 10.2. The number of hydrogen-bond acceptors (Lipinski definition) is 4. The van der Waals surface area contributed by atoms with Gasteiger partial charge in [0.1, 0.15) is 0 Å². The van der Waals surface area contributed by atoms with Gasteiger partial charge in [0.25, 0.3) is 0 Å². The van der Waals surface area contributed by atoms with Crippen molar-refractivity contribution < 1.29 is 0 Å². The molecule has 0 amide bonds. The molecule has 0 saturated carbocycles. The van der Waals surface area contributed by atoms with Crippen molar-refractivity contribution in [3.8, 4) is 0 Å². The smallest absolute Gasteiger partial charge is 0.172 e. The Hall–Kier alpha value is -1.07. The number of nitrogens with one attached hydrogen (secondary N) is 2. The zero-order chi connectivity index (χ0) is 9.26. The molecule has 0 aromatic heterocycles. The van der Waals surface area contributed by atoms with E-state index in [-0.39, 0.29) is 0 Å². The summed E-state index contributed by atoms with van der Waals surface area (Å²) in [5, 5.41) is 5.91. The van der Waals surface area contributed by atoms with Gasteiger partial charge in [0.2, 0.25) is 0 Å². The van der Waals surface area contributed by atoms with Crippen molar-refractivity contribution in [1.29, 1.82) is 0 Å². The zero-order valence-corrected chi connectivity index (χ0v) is 8.67. The average Bonchev–Trinajstić information content (AvgIpc) is 2.53. The van der Waals surface area contributed by atoms with Crippen molar-refractivity contribution in [3.05, 3.63) is 34.3 Å². The Balaban J connectivity index is 2.30. The molecule has 0 aliphatic carbocycles. The van der Waals surface area contributed by atoms with E-state index in [0.717, 1.165) is 15.9 Å². The van der Waals surface area contributed by atoms with E-state index in [1.54, 1.807) is 0 Å². The lowest BCUT2D eigenvalue weighted by Crippen LogP contribution is -2.37. The van der Waals surface area contributed by atoms with Gasteiger partial charge in [-0.15, -0.1) is 10.6 Å². The van der Waals surface area contributed by atoms with E-state index in [1.807, 2.05) is 36.3 Å². The van der Waals surface area contributed by atoms with Gasteiger partial charge in [0.05, 0.1) is 0 Å². The molecule has 1 heterocycles. The van der Waals surface area contributed by atoms with Gasteiger partial charge in [0.15, 0.2) is 5.84 Å². The van der Waals surface area contributed by atoms with Gasteiger partial charge >= 0.3 is 0 Å². The predicted octanol–water partition coefficient (Wildman–Crippen LogP) is 1.07. The molecule has 1 aliphatic heterocycles. The van der Waals surface area contributed by atoms with Crippen LogP contribution in [0.1, 0.15) is 5.56 Å². The van der Waals surface area contributed by atoms with Crippen LogP contribution >= 0.6 is 15.9 Å². The molecule has 0 fully saturated rings. The summed E-state index contributed by atoms with van der Waals surface area (Å²) in [7, 11) is 1.90. The van der Waals surface area contributed by atoms with E-state index in [4.69, 9.17) is 0 Å². The predicted molar refractivity (Wildman–Crippen MR) is 54.7 cm³/mol. The van der Waals surface area contributed by atoms with Crippen LogP contribution in [0.2, 0.25) is 0 Å². The standard InChI is InChI=1S/C8H9BrN4/c1-13-8(10-11-12-13)6-2-4-7(9)5-3-6/h2-5,11-12H,1H3. The molecular weight excluding hydrogens is 232 g/mol. The van der Waals surface area contributed by atoms with Gasteiger partial charge in [-0.2, -0.15) is 0 Å². The van der Waals surface area contributed by atoms with Crippen LogP contribution in [0.4, 0.5) is 0 Å². The molecule has 4 nitrogen and oxygen atoms in total. The third-order valence-corrected chi connectivity index (χ3v) is 2.33. The second-order valence-corrected chi connectivity index (χ2v) is 3.64. The molecule has 1 aromatic carbocycles. The highest BCUT2D eigenvalue weighted by atomic mass is 79.9. The van der Waals surface area contributed by atoms with E-state index in [2.05, 4.69) is 32.1 Å². The number of benzene rings is 1. The van der Waals surface area contributed by atoms with E-state index in [1.165, 1.54) is 0 Å². The van der Waals surface area contributed by atoms with Crippen molar-refractivity contribution in [2.45, 2.75) is 0 Å². The molecule has 5 heteroatoms. The fraction of sp³-hybridized carbons (Fsp3) is 0.125. The Morgan fingerprint density at radius 1 is 1.31 bits per heavy atom. The van der Waals surface area contributed by atoms with Crippen LogP contribution in [-0.2, 0) is 0 Å². The maximum absolute atomic E-state index is 4.08. The largest absolute Gasteiger partial charge is 0.274 e. The van der Waals surface area contributed by atoms with Crippen molar-refractivity contribution in [1.82, 2.24) is 16.1 Å². The second kappa shape index (κ2) is 3.35. The zero-order valence-electron chi connectivity index (χ0n) is 7.08. The topological polar surface area (TPSA) is 39.7 Å². The van der Waals surface area contributed by atoms with Crippen molar-refractivity contribution >= 4 is 21.8 Å². The van der Waals surface area contributed by atoms with Gasteiger partial charge in [-0.1, -0.05) is 28.1 Å². The van der Waals surface area contributed by atoms with Crippen LogP contribution in [0.3, 0.4) is 0 Å². The van der Waals surface area contributed by atoms with Gasteiger partial charge in [-0.3, -0.25) is 5.01 Å². The number of hydrazine groups is 2. The molecule has 0 bridgehead atoms. The van der Waals surface area contributed by atoms with Gasteiger partial charge < -0.3 is 0 Å². The van der Waals surface area contributed by atoms with Crippen LogP contribution in [0.25, 0.3) is 0 Å². The molecule has 68 valence electrons. The molecule has 0 unspecified atom stereocenters. The lowest BCUT2D eigenvalue weighted by Gasteiger charge is -2.11. The summed E-state index contributed by atoms with van der Waals surface area (Å²) in [6.07, 6.45) is 0. The normalized spacial score (nSPS) is 15.5. The summed E-state index contributed by atoms with van der Waals surface area (Å²) in [6.45, 7) is 0. The maximum Gasteiger partial charge on any atom is 0.172 e. The number of amidine groups is 1. The van der Waals surface area contributed by atoms with Crippen molar-refractivity contribution in [3.63, 3.8) is 0 Å². The highest BCUT2D eigenvalue weighted by molar-refractivity contribution is 9.10. The van der Waals surface area contributed by atoms with Crippen LogP contribution in [0.15, 0.2) is 33.8 Å². The minimum absolute atomic E-state index is 0.882. The number of hydrazone groups is 1. The monoisotopic (exact) mass is 240 g/mol. The molecular formula is C8H9BrN4. The molecule has 1 aliphatic rings. The Bertz CT molecular complexity index is 333. The van der Waals surface area contributed by atoms with Crippen molar-refractivity contribution in [2.24, 2.45) is 5.10 Å². The average molecular weight is 241 g/mol. The fourth-order valence-corrected chi connectivity index (χ4v) is 1.40. The summed E-state index contributed by atoms with van der Waals surface area (Å²) in [6, 6.07) is 8.00. The number of hydrogen-bond donors (Lipinski definition) is 2. The SMILES string of the molecule is CN1NNN=C1c1ccc(Br)cc1. The first-order valence-corrected chi connectivity index (χ1v) is 4.64. The Kier molecular flexibility index (Phi) is 2.20. The first-order chi connectivity index (χ1) is 6.27. The first-order valence-electron chi connectivity index (χ1n) is 3.85. The molecule has 0 spiro atoms. The molecule has 2 N–H and O–H groups in total. The van der Waals surface area contributed by atoms with Gasteiger partial charge in [-0.25, -0.2) is 5.53 Å². The molecule has 13 heavy (non-hydrogen) atoms. The van der Waals surface area contributed by atoms with Crippen molar-refractivity contribution in [2.75, 3.05) is 7.05 Å². The van der Waals surface area contributed by atoms with Gasteiger partial charge in [0, 0.05) is 17.1 Å². The number of nitrogens with zero attached hydrogens (tertiary/aromatic N) is 2. The minimum Gasteiger partial charge on any atom is -0.274 e. The Labute approximate surface area is 84.7 Å². The van der Waals surface area contributed by atoms with E-state index >= 15 is 0 Å². The van der Waals surface area contributed by atoms with Crippen LogP contribution < -0.4 is 11.1 Å². The summed E-state index contributed by atoms with van der Waals surface area (Å²) >= 11 is 3.38.